The fourth-order valence-electron chi connectivity index (χ4n) is 0.751. The number of nitrogens with zero attached hydrogens (tertiary/aromatic N) is 1. The van der Waals surface area contributed by atoms with Crippen LogP contribution in [0.25, 0.3) is 6.08 Å². The molecule has 0 N–H and O–H groups in total. The van der Waals surface area contributed by atoms with Gasteiger partial charge in [-0.25, -0.2) is 4.39 Å². The Bertz CT molecular complexity index is 323. The van der Waals surface area contributed by atoms with Crippen LogP contribution in [0.5, 0.6) is 0 Å². The van der Waals surface area contributed by atoms with Crippen molar-refractivity contribution in [2.45, 2.75) is 0 Å². The summed E-state index contributed by atoms with van der Waals surface area (Å²) in [6, 6.07) is 5.86. The van der Waals surface area contributed by atoms with Crippen LogP contribution in [0.4, 0.5) is 4.39 Å². The van der Waals surface area contributed by atoms with Crippen molar-refractivity contribution >= 4 is 6.08 Å². The molecule has 0 heterocycles. The third-order valence-corrected chi connectivity index (χ3v) is 1.28. The number of benzene rings is 1. The first kappa shape index (κ1) is 8.39. The lowest BCUT2D eigenvalue weighted by atomic mass is 10.2. The van der Waals surface area contributed by atoms with Crippen molar-refractivity contribution in [3.05, 3.63) is 52.0 Å². The van der Waals surface area contributed by atoms with Crippen LogP contribution in [0.3, 0.4) is 0 Å². The first-order chi connectivity index (χ1) is 5.70. The number of halogens is 1. The molecule has 62 valence electrons. The summed E-state index contributed by atoms with van der Waals surface area (Å²) in [6.07, 6.45) is 1.83. The predicted molar refractivity (Wildman–Crippen MR) is 42.4 cm³/mol. The summed E-state index contributed by atoms with van der Waals surface area (Å²) in [7, 11) is 0. The molecule has 12 heavy (non-hydrogen) atoms. The highest BCUT2D eigenvalue weighted by atomic mass is 19.1. The minimum absolute atomic E-state index is 0.217. The van der Waals surface area contributed by atoms with Gasteiger partial charge in [-0.1, -0.05) is 18.2 Å². The van der Waals surface area contributed by atoms with Gasteiger partial charge in [0.1, 0.15) is 5.82 Å². The third-order valence-electron chi connectivity index (χ3n) is 1.28. The van der Waals surface area contributed by atoms with Crippen molar-refractivity contribution < 1.29 is 9.31 Å². The molecule has 0 atom stereocenters. The summed E-state index contributed by atoms with van der Waals surface area (Å²) < 4.78 is 12.8. The molecule has 0 aromatic heterocycles. The lowest BCUT2D eigenvalue weighted by Crippen LogP contribution is -1.84. The van der Waals surface area contributed by atoms with Gasteiger partial charge in [-0.15, -0.1) is 0 Å². The highest BCUT2D eigenvalue weighted by molar-refractivity contribution is 5.48. The van der Waals surface area contributed by atoms with Gasteiger partial charge in [0.25, 0.3) is 0 Å². The normalized spacial score (nSPS) is 10.4. The molecule has 0 fully saturated rings. The molecule has 0 spiro atoms. The molecule has 1 aromatic carbocycles. The highest BCUT2D eigenvalue weighted by Gasteiger charge is 1.96. The van der Waals surface area contributed by atoms with Gasteiger partial charge in [0.15, 0.2) is 0 Å². The number of hydrogen-bond donors (Lipinski definition) is 0. The second-order valence-electron chi connectivity index (χ2n) is 2.12. The quantitative estimate of drug-likeness (QED) is 0.499. The molecular formula is C8H6FNO2. The van der Waals surface area contributed by atoms with Gasteiger partial charge in [0.05, 0.1) is 4.92 Å². The molecule has 3 nitrogen and oxygen atoms in total. The van der Waals surface area contributed by atoms with E-state index in [-0.39, 0.29) is 5.56 Å². The first-order valence-corrected chi connectivity index (χ1v) is 3.26. The van der Waals surface area contributed by atoms with E-state index in [0.29, 0.717) is 6.20 Å². The molecule has 1 aromatic rings. The zero-order valence-electron chi connectivity index (χ0n) is 6.11. The van der Waals surface area contributed by atoms with Gasteiger partial charge >= 0.3 is 0 Å². The number of nitro groups is 1. The Morgan fingerprint density at radius 3 is 2.67 bits per heavy atom. The lowest BCUT2D eigenvalue weighted by molar-refractivity contribution is -0.400. The van der Waals surface area contributed by atoms with E-state index in [1.807, 2.05) is 0 Å². The van der Waals surface area contributed by atoms with E-state index in [1.54, 1.807) is 6.07 Å². The minimum atomic E-state index is -0.632. The van der Waals surface area contributed by atoms with E-state index in [2.05, 4.69) is 0 Å². The van der Waals surface area contributed by atoms with Crippen LogP contribution in [0.1, 0.15) is 5.56 Å². The Hall–Kier alpha value is -1.71. The molecule has 0 aliphatic heterocycles. The van der Waals surface area contributed by atoms with Crippen molar-refractivity contribution in [2.75, 3.05) is 0 Å². The molecule has 0 amide bonds. The second-order valence-corrected chi connectivity index (χ2v) is 2.12. The monoisotopic (exact) mass is 167 g/mol. The Balaban J connectivity index is 2.89. The zero-order valence-corrected chi connectivity index (χ0v) is 6.11. The Kier molecular flexibility index (Phi) is 2.53. The summed E-state index contributed by atoms with van der Waals surface area (Å²) >= 11 is 0. The molecule has 0 radical (unpaired) electrons. The maximum Gasteiger partial charge on any atom is 0.235 e. The van der Waals surface area contributed by atoms with Crippen LogP contribution in [0.2, 0.25) is 0 Å². The van der Waals surface area contributed by atoms with E-state index in [4.69, 9.17) is 0 Å². The maximum absolute atomic E-state index is 12.8. The average Bonchev–Trinajstić information content (AvgIpc) is 2.03. The molecule has 0 bridgehead atoms. The van der Waals surface area contributed by atoms with Crippen molar-refractivity contribution in [2.24, 2.45) is 0 Å². The summed E-state index contributed by atoms with van der Waals surface area (Å²) in [5.74, 6) is -0.462. The summed E-state index contributed by atoms with van der Waals surface area (Å²) in [6.45, 7) is 0. The molecular weight excluding hydrogens is 161 g/mol. The average molecular weight is 167 g/mol. The standard InChI is InChI=1S/C8H6FNO2/c9-8-4-2-1-3-7(8)5-6-10(11)12/h1-6H/b6-5-. The second kappa shape index (κ2) is 3.61. The van der Waals surface area contributed by atoms with E-state index >= 15 is 0 Å². The third kappa shape index (κ3) is 2.16. The zero-order chi connectivity index (χ0) is 8.97. The molecule has 0 aliphatic rings. The maximum atomic E-state index is 12.8. The van der Waals surface area contributed by atoms with E-state index in [0.717, 1.165) is 6.08 Å². The van der Waals surface area contributed by atoms with Crippen molar-refractivity contribution in [1.29, 1.82) is 0 Å². The van der Waals surface area contributed by atoms with Gasteiger partial charge in [-0.3, -0.25) is 10.1 Å². The fraction of sp³-hybridized carbons (Fsp3) is 0. The van der Waals surface area contributed by atoms with Gasteiger partial charge in [-0.05, 0) is 6.07 Å². The summed E-state index contributed by atoms with van der Waals surface area (Å²) in [4.78, 5) is 9.25. The van der Waals surface area contributed by atoms with Gasteiger partial charge in [0.2, 0.25) is 6.20 Å². The smallest absolute Gasteiger partial charge is 0.235 e. The Morgan fingerprint density at radius 2 is 2.08 bits per heavy atom. The SMILES string of the molecule is O=[N+]([O-])/C=C\c1ccccc1F. The lowest BCUT2D eigenvalue weighted by Gasteiger charge is -1.91. The van der Waals surface area contributed by atoms with Gasteiger partial charge < -0.3 is 0 Å². The molecule has 0 aliphatic carbocycles. The van der Waals surface area contributed by atoms with Gasteiger partial charge in [-0.2, -0.15) is 0 Å². The summed E-state index contributed by atoms with van der Waals surface area (Å²) in [5.41, 5.74) is 0.217. The molecule has 0 unspecified atom stereocenters. The van der Waals surface area contributed by atoms with Crippen molar-refractivity contribution in [1.82, 2.24) is 0 Å². The molecule has 0 saturated heterocycles. The van der Waals surface area contributed by atoms with E-state index in [1.165, 1.54) is 18.2 Å². The summed E-state index contributed by atoms with van der Waals surface area (Å²) in [5, 5.41) is 9.88. The Labute approximate surface area is 68.3 Å². The van der Waals surface area contributed by atoms with Crippen molar-refractivity contribution in [3.63, 3.8) is 0 Å². The van der Waals surface area contributed by atoms with Crippen molar-refractivity contribution in [3.8, 4) is 0 Å². The number of rotatable bonds is 2. The largest absolute Gasteiger partial charge is 0.259 e. The van der Waals surface area contributed by atoms with Crippen LogP contribution in [0, 0.1) is 15.9 Å². The minimum Gasteiger partial charge on any atom is -0.259 e. The van der Waals surface area contributed by atoms with E-state index in [9.17, 15) is 14.5 Å². The predicted octanol–water partition coefficient (Wildman–Crippen LogP) is 2.07. The van der Waals surface area contributed by atoms with Gasteiger partial charge in [0, 0.05) is 11.6 Å². The topological polar surface area (TPSA) is 43.1 Å². The molecule has 4 heteroatoms. The fourth-order valence-corrected chi connectivity index (χ4v) is 0.751. The highest BCUT2D eigenvalue weighted by Crippen LogP contribution is 2.07. The Morgan fingerprint density at radius 1 is 1.42 bits per heavy atom. The first-order valence-electron chi connectivity index (χ1n) is 3.26. The molecule has 0 saturated carbocycles. The molecule has 1 rings (SSSR count). The van der Waals surface area contributed by atoms with Crippen LogP contribution in [0.15, 0.2) is 30.5 Å². The van der Waals surface area contributed by atoms with Crippen LogP contribution in [-0.4, -0.2) is 4.92 Å². The number of hydrogen-bond acceptors (Lipinski definition) is 2. The van der Waals surface area contributed by atoms with Crippen LogP contribution < -0.4 is 0 Å². The van der Waals surface area contributed by atoms with Crippen LogP contribution >= 0.6 is 0 Å². The van der Waals surface area contributed by atoms with Crippen LogP contribution in [-0.2, 0) is 0 Å². The van der Waals surface area contributed by atoms with E-state index < -0.39 is 10.7 Å².